The van der Waals surface area contributed by atoms with E-state index in [1.165, 1.54) is 6.26 Å². The van der Waals surface area contributed by atoms with Crippen LogP contribution in [0.25, 0.3) is 0 Å². The molecule has 0 N–H and O–H groups in total. The Labute approximate surface area is 97.2 Å². The van der Waals surface area contributed by atoms with Crippen LogP contribution in [0.5, 0.6) is 0 Å². The maximum Gasteiger partial charge on any atom is 0.148 e. The van der Waals surface area contributed by atoms with Gasteiger partial charge in [-0.05, 0) is 25.6 Å². The molecule has 5 heteroatoms. The van der Waals surface area contributed by atoms with E-state index in [0.717, 1.165) is 11.3 Å². The van der Waals surface area contributed by atoms with Crippen molar-refractivity contribution < 1.29 is 8.42 Å². The van der Waals surface area contributed by atoms with Gasteiger partial charge in [-0.2, -0.15) is 0 Å². The van der Waals surface area contributed by atoms with E-state index in [1.807, 2.05) is 37.2 Å². The van der Waals surface area contributed by atoms with Gasteiger partial charge in [-0.3, -0.25) is 9.88 Å². The average molecular weight is 242 g/mol. The minimum absolute atomic E-state index is 0.190. The topological polar surface area (TPSA) is 50.3 Å². The Morgan fingerprint density at radius 2 is 2.06 bits per heavy atom. The van der Waals surface area contributed by atoms with Crippen LogP contribution < -0.4 is 0 Å². The van der Waals surface area contributed by atoms with Crippen LogP contribution >= 0.6 is 0 Å². The van der Waals surface area contributed by atoms with Crippen LogP contribution in [0, 0.1) is 6.92 Å². The van der Waals surface area contributed by atoms with Gasteiger partial charge in [0.15, 0.2) is 0 Å². The van der Waals surface area contributed by atoms with Crippen molar-refractivity contribution in [1.82, 2.24) is 9.88 Å². The molecular formula is C11H18N2O2S. The highest BCUT2D eigenvalue weighted by molar-refractivity contribution is 7.90. The lowest BCUT2D eigenvalue weighted by molar-refractivity contribution is 0.342. The lowest BCUT2D eigenvalue weighted by Crippen LogP contribution is -2.25. The zero-order chi connectivity index (χ0) is 12.2. The van der Waals surface area contributed by atoms with Crippen molar-refractivity contribution in [3.8, 4) is 0 Å². The first kappa shape index (κ1) is 13.1. The van der Waals surface area contributed by atoms with Gasteiger partial charge in [-0.1, -0.05) is 6.07 Å². The van der Waals surface area contributed by atoms with Crippen LogP contribution in [-0.4, -0.2) is 43.9 Å². The van der Waals surface area contributed by atoms with Crippen LogP contribution in [0.4, 0.5) is 0 Å². The fraction of sp³-hybridized carbons (Fsp3) is 0.545. The normalized spacial score (nSPS) is 12.0. The summed E-state index contributed by atoms with van der Waals surface area (Å²) in [5, 5.41) is 0. The molecule has 0 aromatic carbocycles. The maximum atomic E-state index is 11.0. The summed E-state index contributed by atoms with van der Waals surface area (Å²) in [6.07, 6.45) is 3.07. The number of hydrogen-bond acceptors (Lipinski definition) is 4. The Balaban J connectivity index is 2.45. The van der Waals surface area contributed by atoms with Gasteiger partial charge >= 0.3 is 0 Å². The highest BCUT2D eigenvalue weighted by Crippen LogP contribution is 2.01. The second kappa shape index (κ2) is 5.41. The van der Waals surface area contributed by atoms with Crippen molar-refractivity contribution in [3.63, 3.8) is 0 Å². The van der Waals surface area contributed by atoms with Gasteiger partial charge in [0.05, 0.1) is 11.4 Å². The van der Waals surface area contributed by atoms with Crippen LogP contribution in [0.2, 0.25) is 0 Å². The Bertz CT molecular complexity index is 426. The lowest BCUT2D eigenvalue weighted by atomic mass is 10.2. The van der Waals surface area contributed by atoms with Crippen molar-refractivity contribution in [2.45, 2.75) is 13.5 Å². The molecule has 0 saturated carbocycles. The van der Waals surface area contributed by atoms with Gasteiger partial charge in [0, 0.05) is 25.5 Å². The molecule has 0 aliphatic heterocycles. The maximum absolute atomic E-state index is 11.0. The van der Waals surface area contributed by atoms with Crippen molar-refractivity contribution in [3.05, 3.63) is 29.6 Å². The smallest absolute Gasteiger partial charge is 0.148 e. The van der Waals surface area contributed by atoms with Crippen molar-refractivity contribution in [1.29, 1.82) is 0 Å². The Hall–Kier alpha value is -0.940. The number of sulfone groups is 1. The number of rotatable bonds is 5. The largest absolute Gasteiger partial charge is 0.300 e. The molecule has 0 atom stereocenters. The number of aryl methyl sites for hydroxylation is 1. The van der Waals surface area contributed by atoms with Crippen LogP contribution in [0.15, 0.2) is 18.3 Å². The molecule has 0 fully saturated rings. The SMILES string of the molecule is Cc1ccc(CN(C)CCS(C)(=O)=O)nc1. The number of nitrogens with zero attached hydrogens (tertiary/aromatic N) is 2. The summed E-state index contributed by atoms with van der Waals surface area (Å²) in [5.74, 6) is 0.190. The summed E-state index contributed by atoms with van der Waals surface area (Å²) in [4.78, 5) is 6.23. The zero-order valence-corrected chi connectivity index (χ0v) is 10.8. The molecule has 0 bridgehead atoms. The second-order valence-corrected chi connectivity index (χ2v) is 6.45. The molecule has 1 aromatic heterocycles. The van der Waals surface area contributed by atoms with E-state index in [2.05, 4.69) is 4.98 Å². The van der Waals surface area contributed by atoms with Gasteiger partial charge in [0.2, 0.25) is 0 Å². The molecule has 0 spiro atoms. The Morgan fingerprint density at radius 1 is 1.38 bits per heavy atom. The second-order valence-electron chi connectivity index (χ2n) is 4.19. The Kier molecular flexibility index (Phi) is 4.44. The third-order valence-corrected chi connectivity index (χ3v) is 3.17. The van der Waals surface area contributed by atoms with E-state index in [-0.39, 0.29) is 5.75 Å². The summed E-state index contributed by atoms with van der Waals surface area (Å²) in [6, 6.07) is 3.97. The van der Waals surface area contributed by atoms with Gasteiger partial charge in [0.1, 0.15) is 9.84 Å². The number of hydrogen-bond donors (Lipinski definition) is 0. The first-order chi connectivity index (χ1) is 7.37. The molecule has 1 rings (SSSR count). The molecular weight excluding hydrogens is 224 g/mol. The minimum atomic E-state index is -2.88. The molecule has 4 nitrogen and oxygen atoms in total. The fourth-order valence-electron chi connectivity index (χ4n) is 1.27. The molecule has 0 amide bonds. The quantitative estimate of drug-likeness (QED) is 0.768. The molecule has 0 saturated heterocycles. The van der Waals surface area contributed by atoms with Gasteiger partial charge in [0.25, 0.3) is 0 Å². The summed E-state index contributed by atoms with van der Waals surface area (Å²) >= 11 is 0. The highest BCUT2D eigenvalue weighted by Gasteiger charge is 2.06. The van der Waals surface area contributed by atoms with E-state index in [0.29, 0.717) is 13.1 Å². The van der Waals surface area contributed by atoms with Crippen molar-refractivity contribution in [2.24, 2.45) is 0 Å². The van der Waals surface area contributed by atoms with Gasteiger partial charge in [-0.25, -0.2) is 8.42 Å². The molecule has 0 unspecified atom stereocenters. The predicted molar refractivity (Wildman–Crippen MR) is 65.0 cm³/mol. The predicted octanol–water partition coefficient (Wildman–Crippen LogP) is 0.866. The number of pyridine rings is 1. The third kappa shape index (κ3) is 5.23. The lowest BCUT2D eigenvalue weighted by Gasteiger charge is -2.15. The summed E-state index contributed by atoms with van der Waals surface area (Å²) in [6.45, 7) is 3.20. The molecule has 0 aliphatic rings. The molecule has 90 valence electrons. The first-order valence-corrected chi connectivity index (χ1v) is 7.21. The van der Waals surface area contributed by atoms with Crippen LogP contribution in [0.1, 0.15) is 11.3 Å². The number of aromatic nitrogens is 1. The minimum Gasteiger partial charge on any atom is -0.300 e. The van der Waals surface area contributed by atoms with Gasteiger partial charge in [-0.15, -0.1) is 0 Å². The molecule has 16 heavy (non-hydrogen) atoms. The monoisotopic (exact) mass is 242 g/mol. The van der Waals surface area contributed by atoms with Gasteiger partial charge < -0.3 is 0 Å². The third-order valence-electron chi connectivity index (χ3n) is 2.25. The zero-order valence-electron chi connectivity index (χ0n) is 9.97. The molecule has 0 radical (unpaired) electrons. The van der Waals surface area contributed by atoms with Crippen molar-refractivity contribution in [2.75, 3.05) is 25.6 Å². The van der Waals surface area contributed by atoms with Crippen LogP contribution in [-0.2, 0) is 16.4 Å². The Morgan fingerprint density at radius 3 is 2.56 bits per heavy atom. The highest BCUT2D eigenvalue weighted by atomic mass is 32.2. The summed E-state index contributed by atoms with van der Waals surface area (Å²) < 4.78 is 22.0. The summed E-state index contributed by atoms with van der Waals surface area (Å²) in [7, 11) is -0.985. The fourth-order valence-corrected chi connectivity index (χ4v) is 1.91. The van der Waals surface area contributed by atoms with E-state index in [9.17, 15) is 8.42 Å². The van der Waals surface area contributed by atoms with E-state index in [4.69, 9.17) is 0 Å². The van der Waals surface area contributed by atoms with E-state index < -0.39 is 9.84 Å². The molecule has 0 aliphatic carbocycles. The molecule has 1 aromatic rings. The van der Waals surface area contributed by atoms with Crippen LogP contribution in [0.3, 0.4) is 0 Å². The standard InChI is InChI=1S/C11H18N2O2S/c1-10-4-5-11(12-8-10)9-13(2)6-7-16(3,14)15/h4-5,8H,6-7,9H2,1-3H3. The summed E-state index contributed by atoms with van der Waals surface area (Å²) in [5.41, 5.74) is 2.09. The average Bonchev–Trinajstić information content (AvgIpc) is 2.18. The van der Waals surface area contributed by atoms with E-state index >= 15 is 0 Å². The van der Waals surface area contributed by atoms with E-state index in [1.54, 1.807) is 0 Å². The first-order valence-electron chi connectivity index (χ1n) is 5.14. The van der Waals surface area contributed by atoms with Crippen molar-refractivity contribution >= 4 is 9.84 Å². The molecule has 1 heterocycles.